The van der Waals surface area contributed by atoms with Crippen molar-refractivity contribution in [3.63, 3.8) is 0 Å². The molecule has 0 radical (unpaired) electrons. The Kier molecular flexibility index (Phi) is 7.43. The minimum absolute atomic E-state index is 0.323. The second kappa shape index (κ2) is 12.4. The zero-order chi connectivity index (χ0) is 37.3. The van der Waals surface area contributed by atoms with E-state index >= 15 is 0 Å². The minimum atomic E-state index is -0.438. The van der Waals surface area contributed by atoms with Crippen LogP contribution in [0.25, 0.3) is 55.9 Å². The van der Waals surface area contributed by atoms with Crippen LogP contribution in [0, 0.1) is 0 Å². The molecule has 2 aliphatic heterocycles. The smallest absolute Gasteiger partial charge is 0.160 e. The number of hydrogen-bond acceptors (Lipinski definition) is 5. The fourth-order valence-electron chi connectivity index (χ4n) is 8.72. The number of anilines is 3. The molecule has 0 amide bonds. The zero-order valence-electron chi connectivity index (χ0n) is 31.3. The molecular formula is C50H39N5. The SMILES string of the molecule is CC1(C)c2ccnc3c2N(c2ccncc2C3(C)C)c2cnc(-c3c(-c4cccc(-c5ccccc5)c4)cccc3-c3cccc(-c4ccccc4)c3)nc21. The fraction of sp³-hybridized carbons (Fsp3) is 0.120. The van der Waals surface area contributed by atoms with Crippen LogP contribution in [0.15, 0.2) is 164 Å². The van der Waals surface area contributed by atoms with E-state index in [1.54, 1.807) is 0 Å². The Morgan fingerprint density at radius 1 is 0.455 bits per heavy atom. The van der Waals surface area contributed by atoms with Crippen molar-refractivity contribution < 1.29 is 0 Å². The van der Waals surface area contributed by atoms with Gasteiger partial charge in [0.2, 0.25) is 0 Å². The Bertz CT molecular complexity index is 2670. The molecule has 0 saturated carbocycles. The zero-order valence-corrected chi connectivity index (χ0v) is 31.3. The first-order chi connectivity index (χ1) is 26.8. The predicted octanol–water partition coefficient (Wildman–Crippen LogP) is 12.3. The average Bonchev–Trinajstić information content (AvgIpc) is 3.24. The Morgan fingerprint density at radius 2 is 1.02 bits per heavy atom. The van der Waals surface area contributed by atoms with Gasteiger partial charge in [0.25, 0.3) is 0 Å². The number of benzene rings is 5. The molecule has 5 nitrogen and oxygen atoms in total. The second-order valence-corrected chi connectivity index (χ2v) is 15.6. The molecule has 0 unspecified atom stereocenters. The lowest BCUT2D eigenvalue weighted by Gasteiger charge is -2.47. The van der Waals surface area contributed by atoms with Crippen LogP contribution in [0.3, 0.4) is 0 Å². The summed E-state index contributed by atoms with van der Waals surface area (Å²) < 4.78 is 0. The molecule has 0 aliphatic carbocycles. The number of aromatic nitrogens is 4. The van der Waals surface area contributed by atoms with E-state index in [2.05, 4.69) is 177 Å². The Balaban J connectivity index is 1.22. The molecular weight excluding hydrogens is 671 g/mol. The molecule has 0 saturated heterocycles. The topological polar surface area (TPSA) is 54.8 Å². The summed E-state index contributed by atoms with van der Waals surface area (Å²) in [5, 5.41) is 0. The number of hydrogen-bond donors (Lipinski definition) is 0. The van der Waals surface area contributed by atoms with Crippen LogP contribution in [0.2, 0.25) is 0 Å². The second-order valence-electron chi connectivity index (χ2n) is 15.6. The average molecular weight is 710 g/mol. The van der Waals surface area contributed by atoms with E-state index in [0.29, 0.717) is 5.82 Å². The van der Waals surface area contributed by atoms with Crippen molar-refractivity contribution in [2.45, 2.75) is 38.5 Å². The van der Waals surface area contributed by atoms with Crippen molar-refractivity contribution in [3.8, 4) is 55.9 Å². The standard InChI is InChI=1S/C50H39N5/c1-49(2)40-24-27-52-47-45(40)55(42-25-26-51-30-41(42)50(47,3)4)43-31-53-48(54-46(43)49)44-38(36-20-11-18-34(28-36)32-14-7-5-8-15-32)22-13-23-39(44)37-21-12-19-35(29-37)33-16-9-6-10-17-33/h5-31H,1-4H3. The first-order valence-electron chi connectivity index (χ1n) is 18.9. The molecule has 0 fully saturated rings. The van der Waals surface area contributed by atoms with Gasteiger partial charge in [0.1, 0.15) is 0 Å². The minimum Gasteiger partial charge on any atom is -0.305 e. The van der Waals surface area contributed by atoms with Gasteiger partial charge in [-0.2, -0.15) is 0 Å². The maximum atomic E-state index is 5.64. The lowest BCUT2D eigenvalue weighted by molar-refractivity contribution is 0.568. The van der Waals surface area contributed by atoms with Crippen LogP contribution in [0.1, 0.15) is 50.2 Å². The summed E-state index contributed by atoms with van der Waals surface area (Å²) in [5.41, 5.74) is 16.8. The van der Waals surface area contributed by atoms with Crippen molar-refractivity contribution in [2.75, 3.05) is 4.90 Å². The Labute approximate surface area is 322 Å². The Morgan fingerprint density at radius 3 is 1.65 bits per heavy atom. The van der Waals surface area contributed by atoms with Crippen LogP contribution >= 0.6 is 0 Å². The quantitative estimate of drug-likeness (QED) is 0.178. The van der Waals surface area contributed by atoms with Gasteiger partial charge in [0, 0.05) is 40.5 Å². The van der Waals surface area contributed by atoms with E-state index in [9.17, 15) is 0 Å². The molecule has 5 aromatic carbocycles. The van der Waals surface area contributed by atoms with Gasteiger partial charge in [-0.25, -0.2) is 9.97 Å². The van der Waals surface area contributed by atoms with Gasteiger partial charge in [-0.15, -0.1) is 0 Å². The highest BCUT2D eigenvalue weighted by Crippen LogP contribution is 2.59. The summed E-state index contributed by atoms with van der Waals surface area (Å²) in [4.78, 5) is 22.8. The summed E-state index contributed by atoms with van der Waals surface area (Å²) in [6.45, 7) is 9.05. The molecule has 10 rings (SSSR count). The van der Waals surface area contributed by atoms with Gasteiger partial charge in [0.15, 0.2) is 5.82 Å². The lowest BCUT2D eigenvalue weighted by atomic mass is 9.70. The maximum Gasteiger partial charge on any atom is 0.160 e. The van der Waals surface area contributed by atoms with E-state index in [4.69, 9.17) is 15.0 Å². The van der Waals surface area contributed by atoms with Crippen molar-refractivity contribution in [1.29, 1.82) is 0 Å². The summed E-state index contributed by atoms with van der Waals surface area (Å²) in [7, 11) is 0. The first-order valence-corrected chi connectivity index (χ1v) is 18.9. The number of nitrogens with zero attached hydrogens (tertiary/aromatic N) is 5. The number of rotatable bonds is 5. The summed E-state index contributed by atoms with van der Waals surface area (Å²) in [6, 6.07) is 49.6. The van der Waals surface area contributed by atoms with E-state index in [1.807, 2.05) is 24.8 Å². The highest BCUT2D eigenvalue weighted by molar-refractivity contribution is 5.95. The van der Waals surface area contributed by atoms with Crippen LogP contribution in [-0.2, 0) is 10.8 Å². The number of fused-ring (bicyclic) bond motifs is 4. The monoisotopic (exact) mass is 709 g/mol. The molecule has 0 atom stereocenters. The molecule has 2 aliphatic rings. The molecule has 0 spiro atoms. The summed E-state index contributed by atoms with van der Waals surface area (Å²) >= 11 is 0. The van der Waals surface area contributed by atoms with E-state index in [0.717, 1.165) is 73.0 Å². The van der Waals surface area contributed by atoms with Crippen LogP contribution < -0.4 is 4.90 Å². The predicted molar refractivity (Wildman–Crippen MR) is 224 cm³/mol. The van der Waals surface area contributed by atoms with Gasteiger partial charge in [-0.1, -0.05) is 115 Å². The lowest BCUT2D eigenvalue weighted by Crippen LogP contribution is -2.39. The van der Waals surface area contributed by atoms with Gasteiger partial charge in [-0.05, 0) is 102 Å². The molecule has 5 heterocycles. The fourth-order valence-corrected chi connectivity index (χ4v) is 8.72. The highest BCUT2D eigenvalue weighted by atomic mass is 15.2. The van der Waals surface area contributed by atoms with Gasteiger partial charge in [-0.3, -0.25) is 9.97 Å². The third-order valence-electron chi connectivity index (χ3n) is 11.6. The molecule has 3 aromatic heterocycles. The largest absolute Gasteiger partial charge is 0.305 e. The molecule has 0 bridgehead atoms. The van der Waals surface area contributed by atoms with Gasteiger partial charge in [0.05, 0.1) is 34.6 Å². The normalized spacial score (nSPS) is 14.4. The van der Waals surface area contributed by atoms with E-state index in [1.165, 1.54) is 16.7 Å². The van der Waals surface area contributed by atoms with E-state index < -0.39 is 5.41 Å². The molecule has 8 aromatic rings. The number of pyridine rings is 2. The maximum absolute atomic E-state index is 5.64. The van der Waals surface area contributed by atoms with Crippen molar-refractivity contribution >= 4 is 17.1 Å². The third kappa shape index (κ3) is 5.14. The summed E-state index contributed by atoms with van der Waals surface area (Å²) in [6.07, 6.45) is 7.84. The summed E-state index contributed by atoms with van der Waals surface area (Å²) in [5.74, 6) is 0.692. The van der Waals surface area contributed by atoms with Crippen molar-refractivity contribution in [3.05, 3.63) is 187 Å². The van der Waals surface area contributed by atoms with Gasteiger partial charge < -0.3 is 4.90 Å². The molecule has 5 heteroatoms. The van der Waals surface area contributed by atoms with Crippen molar-refractivity contribution in [2.24, 2.45) is 0 Å². The van der Waals surface area contributed by atoms with Gasteiger partial charge >= 0.3 is 0 Å². The highest BCUT2D eigenvalue weighted by Gasteiger charge is 2.47. The van der Waals surface area contributed by atoms with Crippen LogP contribution in [0.5, 0.6) is 0 Å². The Hall–Kier alpha value is -6.72. The van der Waals surface area contributed by atoms with Crippen molar-refractivity contribution in [1.82, 2.24) is 19.9 Å². The first kappa shape index (κ1) is 32.9. The molecule has 264 valence electrons. The van der Waals surface area contributed by atoms with E-state index in [-0.39, 0.29) is 5.41 Å². The van der Waals surface area contributed by atoms with Crippen LogP contribution in [0.4, 0.5) is 17.1 Å². The molecule has 55 heavy (non-hydrogen) atoms. The third-order valence-corrected chi connectivity index (χ3v) is 11.6. The van der Waals surface area contributed by atoms with Crippen LogP contribution in [-0.4, -0.2) is 19.9 Å². The molecule has 0 N–H and O–H groups in total.